The first kappa shape index (κ1) is 19.1. The van der Waals surface area contributed by atoms with Gasteiger partial charge in [-0.3, -0.25) is 9.59 Å². The van der Waals surface area contributed by atoms with Crippen LogP contribution in [0.1, 0.15) is 36.6 Å². The van der Waals surface area contributed by atoms with Gasteiger partial charge in [-0.2, -0.15) is 0 Å². The summed E-state index contributed by atoms with van der Waals surface area (Å²) in [5.74, 6) is 1.09. The van der Waals surface area contributed by atoms with E-state index in [9.17, 15) is 9.59 Å². The van der Waals surface area contributed by atoms with Crippen LogP contribution in [0.5, 0.6) is 0 Å². The number of fused-ring (bicyclic) bond motifs is 1. The van der Waals surface area contributed by atoms with Crippen LogP contribution in [-0.4, -0.2) is 58.9 Å². The molecular weight excluding hydrogens is 374 g/mol. The number of anilines is 1. The van der Waals surface area contributed by atoms with Crippen LogP contribution in [-0.2, 0) is 9.59 Å². The summed E-state index contributed by atoms with van der Waals surface area (Å²) in [6.45, 7) is 8.98. The number of nitrogens with zero attached hydrogens (tertiary/aromatic N) is 4. The van der Waals surface area contributed by atoms with Gasteiger partial charge in [0.2, 0.25) is 11.8 Å². The van der Waals surface area contributed by atoms with Crippen LogP contribution in [0.15, 0.2) is 6.33 Å². The number of hydrogen-bond acceptors (Lipinski definition) is 6. The molecule has 0 aliphatic carbocycles. The third kappa shape index (κ3) is 3.23. The number of piperidine rings is 1. The Morgan fingerprint density at radius 3 is 2.71 bits per heavy atom. The number of piperazine rings is 1. The molecule has 2 amide bonds. The predicted molar refractivity (Wildman–Crippen MR) is 111 cm³/mol. The number of aryl methyl sites for hydroxylation is 2. The first-order valence-electron chi connectivity index (χ1n) is 10.0. The molecule has 28 heavy (non-hydrogen) atoms. The minimum absolute atomic E-state index is 0.0150. The van der Waals surface area contributed by atoms with Gasteiger partial charge in [-0.05, 0) is 38.7 Å². The molecule has 0 saturated carbocycles. The van der Waals surface area contributed by atoms with Gasteiger partial charge in [0.15, 0.2) is 0 Å². The Labute approximate surface area is 169 Å². The molecular formula is C20H27N5O2S. The Balaban J connectivity index is 1.48. The zero-order chi connectivity index (χ0) is 19.8. The molecule has 4 heterocycles. The molecule has 2 aliphatic heterocycles. The van der Waals surface area contributed by atoms with E-state index in [1.54, 1.807) is 22.6 Å². The van der Waals surface area contributed by atoms with Crippen molar-refractivity contribution in [3.63, 3.8) is 0 Å². The van der Waals surface area contributed by atoms with E-state index in [0.717, 1.165) is 42.0 Å². The third-order valence-corrected chi connectivity index (χ3v) is 7.20. The number of amides is 2. The molecule has 7 nitrogen and oxygen atoms in total. The first-order chi connectivity index (χ1) is 13.5. The number of thiophene rings is 1. The smallest absolute Gasteiger partial charge is 0.242 e. The van der Waals surface area contributed by atoms with E-state index in [0.29, 0.717) is 19.5 Å². The summed E-state index contributed by atoms with van der Waals surface area (Å²) >= 11 is 1.71. The molecule has 1 N–H and O–H groups in total. The number of carbonyl (C=O) groups is 2. The largest absolute Gasteiger partial charge is 0.356 e. The van der Waals surface area contributed by atoms with Crippen molar-refractivity contribution in [1.29, 1.82) is 0 Å². The lowest BCUT2D eigenvalue weighted by Gasteiger charge is -2.39. The summed E-state index contributed by atoms with van der Waals surface area (Å²) in [5, 5.41) is 4.02. The van der Waals surface area contributed by atoms with Crippen molar-refractivity contribution in [3.8, 4) is 0 Å². The Bertz CT molecular complexity index is 903. The van der Waals surface area contributed by atoms with Crippen LogP contribution in [0.2, 0.25) is 0 Å². The van der Waals surface area contributed by atoms with E-state index in [4.69, 9.17) is 0 Å². The van der Waals surface area contributed by atoms with Crippen molar-refractivity contribution in [1.82, 2.24) is 20.2 Å². The average molecular weight is 402 g/mol. The van der Waals surface area contributed by atoms with E-state index in [1.165, 1.54) is 10.4 Å². The molecule has 2 aromatic rings. The van der Waals surface area contributed by atoms with E-state index < -0.39 is 0 Å². The highest BCUT2D eigenvalue weighted by molar-refractivity contribution is 7.18. The highest BCUT2D eigenvalue weighted by Crippen LogP contribution is 2.35. The molecule has 4 rings (SSSR count). The molecule has 1 atom stereocenters. The molecule has 2 saturated heterocycles. The molecule has 2 aliphatic rings. The summed E-state index contributed by atoms with van der Waals surface area (Å²) < 4.78 is 0. The summed E-state index contributed by atoms with van der Waals surface area (Å²) in [4.78, 5) is 40.6. The summed E-state index contributed by atoms with van der Waals surface area (Å²) in [6.07, 6.45) is 3.89. The van der Waals surface area contributed by atoms with Gasteiger partial charge in [-0.1, -0.05) is 6.92 Å². The zero-order valence-electron chi connectivity index (χ0n) is 16.7. The summed E-state index contributed by atoms with van der Waals surface area (Å²) in [5.41, 5.74) is 1.25. The normalized spacial score (nSPS) is 21.2. The Hall–Kier alpha value is -2.22. The lowest BCUT2D eigenvalue weighted by molar-refractivity contribution is -0.146. The third-order valence-electron chi connectivity index (χ3n) is 6.09. The van der Waals surface area contributed by atoms with Crippen molar-refractivity contribution < 1.29 is 9.59 Å². The van der Waals surface area contributed by atoms with Gasteiger partial charge in [0, 0.05) is 37.0 Å². The number of carbonyl (C=O) groups excluding carboxylic acids is 2. The molecule has 0 radical (unpaired) electrons. The molecule has 2 fully saturated rings. The maximum absolute atomic E-state index is 13.1. The van der Waals surface area contributed by atoms with Gasteiger partial charge in [0.25, 0.3) is 0 Å². The maximum atomic E-state index is 13.1. The first-order valence-corrected chi connectivity index (χ1v) is 10.9. The number of nitrogens with one attached hydrogen (secondary N) is 1. The summed E-state index contributed by atoms with van der Waals surface area (Å²) in [6, 6.07) is -0.322. The van der Waals surface area contributed by atoms with Crippen molar-refractivity contribution in [2.45, 2.75) is 46.1 Å². The van der Waals surface area contributed by atoms with Crippen molar-refractivity contribution in [2.75, 3.05) is 31.1 Å². The van der Waals surface area contributed by atoms with Crippen molar-refractivity contribution in [2.24, 2.45) is 5.92 Å². The Morgan fingerprint density at radius 2 is 2.00 bits per heavy atom. The fourth-order valence-corrected chi connectivity index (χ4v) is 5.35. The highest BCUT2D eigenvalue weighted by atomic mass is 32.1. The van der Waals surface area contributed by atoms with E-state index >= 15 is 0 Å². The van der Waals surface area contributed by atoms with Gasteiger partial charge in [0.05, 0.1) is 5.39 Å². The van der Waals surface area contributed by atoms with Gasteiger partial charge < -0.3 is 15.1 Å². The number of hydrogen-bond donors (Lipinski definition) is 1. The van der Waals surface area contributed by atoms with Crippen LogP contribution < -0.4 is 10.2 Å². The predicted octanol–water partition coefficient (Wildman–Crippen LogP) is 2.26. The molecule has 150 valence electrons. The highest BCUT2D eigenvalue weighted by Gasteiger charge is 2.36. The molecule has 1 unspecified atom stereocenters. The Kier molecular flexibility index (Phi) is 5.23. The average Bonchev–Trinajstić information content (AvgIpc) is 3.01. The van der Waals surface area contributed by atoms with Gasteiger partial charge in [0.1, 0.15) is 23.0 Å². The molecule has 8 heteroatoms. The minimum atomic E-state index is -0.322. The SMILES string of the molecule is CCC1C(=O)NCCN1C(=O)C1CCN(c2ncnc3sc(C)c(C)c23)CC1. The lowest BCUT2D eigenvalue weighted by atomic mass is 9.93. The van der Waals surface area contributed by atoms with Crippen LogP contribution >= 0.6 is 11.3 Å². The molecule has 2 aromatic heterocycles. The van der Waals surface area contributed by atoms with Crippen LogP contribution in [0.4, 0.5) is 5.82 Å². The summed E-state index contributed by atoms with van der Waals surface area (Å²) in [7, 11) is 0. The second-order valence-corrected chi connectivity index (χ2v) is 8.87. The lowest BCUT2D eigenvalue weighted by Crippen LogP contribution is -2.58. The van der Waals surface area contributed by atoms with Crippen LogP contribution in [0.3, 0.4) is 0 Å². The standard InChI is InChI=1S/C20H27N5O2S/c1-4-15-18(26)21-7-10-25(15)20(27)14-5-8-24(9-6-14)17-16-12(2)13(3)28-19(16)23-11-22-17/h11,14-15H,4-10H2,1-3H3,(H,21,26). The second kappa shape index (κ2) is 7.66. The quantitative estimate of drug-likeness (QED) is 0.854. The van der Waals surface area contributed by atoms with E-state index in [2.05, 4.69) is 34.0 Å². The monoisotopic (exact) mass is 401 g/mol. The zero-order valence-corrected chi connectivity index (χ0v) is 17.5. The fraction of sp³-hybridized carbons (Fsp3) is 0.600. The van der Waals surface area contributed by atoms with Crippen molar-refractivity contribution >= 4 is 39.2 Å². The Morgan fingerprint density at radius 1 is 1.25 bits per heavy atom. The van der Waals surface area contributed by atoms with Gasteiger partial charge >= 0.3 is 0 Å². The van der Waals surface area contributed by atoms with E-state index in [1.807, 2.05) is 6.92 Å². The molecule has 0 aromatic carbocycles. The number of aromatic nitrogens is 2. The molecule has 0 spiro atoms. The van der Waals surface area contributed by atoms with Crippen LogP contribution in [0.25, 0.3) is 10.2 Å². The minimum Gasteiger partial charge on any atom is -0.356 e. The molecule has 0 bridgehead atoms. The fourth-order valence-electron chi connectivity index (χ4n) is 4.36. The number of rotatable bonds is 3. The van der Waals surface area contributed by atoms with Crippen molar-refractivity contribution in [3.05, 3.63) is 16.8 Å². The van der Waals surface area contributed by atoms with E-state index in [-0.39, 0.29) is 23.8 Å². The van der Waals surface area contributed by atoms with Crippen LogP contribution in [0, 0.1) is 19.8 Å². The second-order valence-electron chi connectivity index (χ2n) is 7.67. The van der Waals surface area contributed by atoms with Gasteiger partial charge in [-0.25, -0.2) is 9.97 Å². The van der Waals surface area contributed by atoms with Gasteiger partial charge in [-0.15, -0.1) is 11.3 Å². The maximum Gasteiger partial charge on any atom is 0.242 e. The topological polar surface area (TPSA) is 78.4 Å².